The van der Waals surface area contributed by atoms with E-state index in [0.717, 1.165) is 18.4 Å². The zero-order chi connectivity index (χ0) is 14.9. The first-order chi connectivity index (χ1) is 9.39. The van der Waals surface area contributed by atoms with E-state index < -0.39 is 11.4 Å². The SMILES string of the molecule is COC1(C(=O)c2c(C)cc(C)cc2F)CCC(C)CC1. The lowest BCUT2D eigenvalue weighted by atomic mass is 9.75. The van der Waals surface area contributed by atoms with Gasteiger partial charge in [0.2, 0.25) is 0 Å². The van der Waals surface area contributed by atoms with Crippen LogP contribution in [0.5, 0.6) is 0 Å². The second-order valence-corrected chi connectivity index (χ2v) is 6.15. The summed E-state index contributed by atoms with van der Waals surface area (Å²) in [5.41, 5.74) is 0.891. The lowest BCUT2D eigenvalue weighted by Crippen LogP contribution is -2.44. The third-order valence-electron chi connectivity index (χ3n) is 4.55. The molecule has 2 rings (SSSR count). The number of carbonyl (C=O) groups excluding carboxylic acids is 1. The normalized spacial score (nSPS) is 26.6. The summed E-state index contributed by atoms with van der Waals surface area (Å²) in [6, 6.07) is 3.28. The molecular weight excluding hydrogens is 255 g/mol. The van der Waals surface area contributed by atoms with Crippen LogP contribution in [-0.4, -0.2) is 18.5 Å². The lowest BCUT2D eigenvalue weighted by Gasteiger charge is -2.37. The number of methoxy groups -OCH3 is 1. The van der Waals surface area contributed by atoms with E-state index in [-0.39, 0.29) is 11.3 Å². The van der Waals surface area contributed by atoms with Crippen LogP contribution in [0.1, 0.15) is 54.1 Å². The van der Waals surface area contributed by atoms with Gasteiger partial charge in [0.05, 0.1) is 5.56 Å². The number of benzene rings is 1. The van der Waals surface area contributed by atoms with Gasteiger partial charge >= 0.3 is 0 Å². The molecule has 0 aromatic heterocycles. The van der Waals surface area contributed by atoms with E-state index in [9.17, 15) is 9.18 Å². The summed E-state index contributed by atoms with van der Waals surface area (Å²) in [5, 5.41) is 0. The minimum absolute atomic E-state index is 0.193. The molecule has 20 heavy (non-hydrogen) atoms. The van der Waals surface area contributed by atoms with Gasteiger partial charge in [0.25, 0.3) is 0 Å². The highest BCUT2D eigenvalue weighted by molar-refractivity contribution is 6.04. The molecule has 0 radical (unpaired) electrons. The Hall–Kier alpha value is -1.22. The van der Waals surface area contributed by atoms with Gasteiger partial charge in [-0.1, -0.05) is 13.0 Å². The summed E-state index contributed by atoms with van der Waals surface area (Å²) in [5.74, 6) is -0.0144. The van der Waals surface area contributed by atoms with E-state index in [1.54, 1.807) is 14.0 Å². The van der Waals surface area contributed by atoms with Crippen molar-refractivity contribution in [2.24, 2.45) is 5.92 Å². The molecule has 1 aromatic carbocycles. The molecule has 0 amide bonds. The van der Waals surface area contributed by atoms with Gasteiger partial charge < -0.3 is 4.74 Å². The minimum atomic E-state index is -0.840. The first-order valence-electron chi connectivity index (χ1n) is 7.26. The fourth-order valence-electron chi connectivity index (χ4n) is 3.18. The number of ketones is 1. The fraction of sp³-hybridized carbons (Fsp3) is 0.588. The number of Topliss-reactive ketones (excluding diaryl/α,β-unsaturated/α-hetero) is 1. The summed E-state index contributed by atoms with van der Waals surface area (Å²) in [6.45, 7) is 5.80. The second kappa shape index (κ2) is 5.65. The van der Waals surface area contributed by atoms with Crippen molar-refractivity contribution in [3.8, 4) is 0 Å². The summed E-state index contributed by atoms with van der Waals surface area (Å²) in [6.07, 6.45) is 3.25. The van der Waals surface area contributed by atoms with Crippen LogP contribution in [0.25, 0.3) is 0 Å². The molecule has 1 fully saturated rings. The molecule has 0 bridgehead atoms. The molecule has 110 valence electrons. The van der Waals surface area contributed by atoms with Crippen molar-refractivity contribution in [1.82, 2.24) is 0 Å². The highest BCUT2D eigenvalue weighted by Gasteiger charge is 2.42. The number of ether oxygens (including phenoxy) is 1. The molecule has 1 saturated carbocycles. The predicted octanol–water partition coefficient (Wildman–Crippen LogP) is 4.22. The van der Waals surface area contributed by atoms with E-state index in [1.165, 1.54) is 6.07 Å². The highest BCUT2D eigenvalue weighted by atomic mass is 19.1. The Morgan fingerprint density at radius 2 is 1.90 bits per heavy atom. The Morgan fingerprint density at radius 3 is 2.40 bits per heavy atom. The van der Waals surface area contributed by atoms with Gasteiger partial charge in [-0.3, -0.25) is 4.79 Å². The van der Waals surface area contributed by atoms with Crippen molar-refractivity contribution in [2.75, 3.05) is 7.11 Å². The Kier molecular flexibility index (Phi) is 4.28. The van der Waals surface area contributed by atoms with Crippen LogP contribution in [0, 0.1) is 25.6 Å². The van der Waals surface area contributed by atoms with Crippen LogP contribution in [-0.2, 0) is 4.74 Å². The molecule has 0 saturated heterocycles. The zero-order valence-corrected chi connectivity index (χ0v) is 12.8. The van der Waals surface area contributed by atoms with Crippen molar-refractivity contribution >= 4 is 5.78 Å². The van der Waals surface area contributed by atoms with Gasteiger partial charge in [-0.2, -0.15) is 0 Å². The van der Waals surface area contributed by atoms with Gasteiger partial charge in [-0.25, -0.2) is 4.39 Å². The molecule has 0 unspecified atom stereocenters. The Balaban J connectivity index is 2.39. The molecule has 0 spiro atoms. The molecule has 2 nitrogen and oxygen atoms in total. The number of carbonyl (C=O) groups is 1. The maximum Gasteiger partial charge on any atom is 0.197 e. The van der Waals surface area contributed by atoms with Crippen LogP contribution < -0.4 is 0 Å². The Bertz CT molecular complexity index is 491. The molecule has 1 aliphatic carbocycles. The third-order valence-corrected chi connectivity index (χ3v) is 4.55. The summed E-state index contributed by atoms with van der Waals surface area (Å²) in [4.78, 5) is 12.8. The number of aryl methyl sites for hydroxylation is 2. The van der Waals surface area contributed by atoms with Gasteiger partial charge in [0.1, 0.15) is 11.4 Å². The number of rotatable bonds is 3. The Labute approximate surface area is 120 Å². The summed E-state index contributed by atoms with van der Waals surface area (Å²) >= 11 is 0. The Morgan fingerprint density at radius 1 is 1.30 bits per heavy atom. The maximum absolute atomic E-state index is 14.2. The molecule has 1 aromatic rings. The maximum atomic E-state index is 14.2. The third kappa shape index (κ3) is 2.64. The molecule has 0 aliphatic heterocycles. The highest BCUT2D eigenvalue weighted by Crippen LogP contribution is 2.37. The fourth-order valence-corrected chi connectivity index (χ4v) is 3.18. The van der Waals surface area contributed by atoms with E-state index in [1.807, 2.05) is 13.0 Å². The van der Waals surface area contributed by atoms with E-state index in [0.29, 0.717) is 24.3 Å². The molecule has 3 heteroatoms. The minimum Gasteiger partial charge on any atom is -0.370 e. The molecule has 0 atom stereocenters. The van der Waals surface area contributed by atoms with Crippen LogP contribution in [0.2, 0.25) is 0 Å². The second-order valence-electron chi connectivity index (χ2n) is 6.15. The monoisotopic (exact) mass is 278 g/mol. The quantitative estimate of drug-likeness (QED) is 0.774. The zero-order valence-electron chi connectivity index (χ0n) is 12.8. The van der Waals surface area contributed by atoms with Crippen LogP contribution in [0.4, 0.5) is 4.39 Å². The standard InChI is InChI=1S/C17H23FO2/c1-11-5-7-17(20-4,8-6-11)16(19)15-13(3)9-12(2)10-14(15)18/h9-11H,5-8H2,1-4H3. The van der Waals surface area contributed by atoms with Crippen LogP contribution in [0.15, 0.2) is 12.1 Å². The summed E-state index contributed by atoms with van der Waals surface area (Å²) in [7, 11) is 1.56. The topological polar surface area (TPSA) is 26.3 Å². The average molecular weight is 278 g/mol. The number of halogens is 1. The largest absolute Gasteiger partial charge is 0.370 e. The smallest absolute Gasteiger partial charge is 0.197 e. The lowest BCUT2D eigenvalue weighted by molar-refractivity contribution is -0.0266. The first kappa shape index (κ1) is 15.2. The molecular formula is C17H23FO2. The molecule has 0 heterocycles. The van der Waals surface area contributed by atoms with Crippen molar-refractivity contribution in [1.29, 1.82) is 0 Å². The molecule has 1 aliphatic rings. The number of hydrogen-bond donors (Lipinski definition) is 0. The van der Waals surface area contributed by atoms with E-state index in [4.69, 9.17) is 4.74 Å². The van der Waals surface area contributed by atoms with Crippen molar-refractivity contribution in [2.45, 2.75) is 52.1 Å². The van der Waals surface area contributed by atoms with Crippen molar-refractivity contribution in [3.05, 3.63) is 34.6 Å². The molecule has 0 N–H and O–H groups in total. The van der Waals surface area contributed by atoms with Crippen LogP contribution >= 0.6 is 0 Å². The van der Waals surface area contributed by atoms with Crippen molar-refractivity contribution < 1.29 is 13.9 Å². The first-order valence-corrected chi connectivity index (χ1v) is 7.26. The van der Waals surface area contributed by atoms with Gasteiger partial charge in [0.15, 0.2) is 5.78 Å². The van der Waals surface area contributed by atoms with Gasteiger partial charge in [-0.05, 0) is 62.6 Å². The number of hydrogen-bond acceptors (Lipinski definition) is 2. The van der Waals surface area contributed by atoms with Crippen molar-refractivity contribution in [3.63, 3.8) is 0 Å². The van der Waals surface area contributed by atoms with E-state index in [2.05, 4.69) is 6.92 Å². The van der Waals surface area contributed by atoms with Gasteiger partial charge in [0, 0.05) is 7.11 Å². The van der Waals surface area contributed by atoms with E-state index >= 15 is 0 Å². The van der Waals surface area contributed by atoms with Crippen LogP contribution in [0.3, 0.4) is 0 Å². The summed E-state index contributed by atoms with van der Waals surface area (Å²) < 4.78 is 19.8. The predicted molar refractivity (Wildman–Crippen MR) is 77.6 cm³/mol. The van der Waals surface area contributed by atoms with Gasteiger partial charge in [-0.15, -0.1) is 0 Å². The average Bonchev–Trinajstić information content (AvgIpc) is 2.38.